The Bertz CT molecular complexity index is 779. The number of sulfone groups is 1. The predicted octanol–water partition coefficient (Wildman–Crippen LogP) is 2.17. The molecule has 0 radical (unpaired) electrons. The van der Waals surface area contributed by atoms with E-state index in [1.807, 2.05) is 26.8 Å². The third-order valence-corrected chi connectivity index (χ3v) is 4.59. The first-order chi connectivity index (χ1) is 13.9. The normalized spacial score (nSPS) is 11.7. The van der Waals surface area contributed by atoms with Gasteiger partial charge in [-0.25, -0.2) is 13.2 Å². The van der Waals surface area contributed by atoms with E-state index in [0.717, 1.165) is 5.69 Å². The monoisotopic (exact) mass is 446 g/mol. The van der Waals surface area contributed by atoms with Crippen LogP contribution in [0.25, 0.3) is 0 Å². The number of rotatable bonds is 11. The van der Waals surface area contributed by atoms with E-state index in [1.165, 1.54) is 13.2 Å². The van der Waals surface area contributed by atoms with E-state index >= 15 is 0 Å². The van der Waals surface area contributed by atoms with Crippen molar-refractivity contribution in [3.8, 4) is 11.5 Å². The van der Waals surface area contributed by atoms with Crippen LogP contribution >= 0.6 is 0 Å². The van der Waals surface area contributed by atoms with Crippen LogP contribution in [0.15, 0.2) is 18.2 Å². The van der Waals surface area contributed by atoms with Gasteiger partial charge in [-0.2, -0.15) is 0 Å². The van der Waals surface area contributed by atoms with Gasteiger partial charge in [0.1, 0.15) is 15.9 Å². The molecule has 0 fully saturated rings. The fourth-order valence-electron chi connectivity index (χ4n) is 2.37. The van der Waals surface area contributed by atoms with E-state index in [9.17, 15) is 18.0 Å². The topological polar surface area (TPSA) is 131 Å². The number of aliphatic carboxylic acids is 1. The van der Waals surface area contributed by atoms with Gasteiger partial charge in [0.25, 0.3) is 0 Å². The second kappa shape index (κ2) is 13.7. The number of hydrogen-bond donors (Lipinski definition) is 3. The Kier molecular flexibility index (Phi) is 12.5. The summed E-state index contributed by atoms with van der Waals surface area (Å²) in [5.41, 5.74) is 0.808. The number of carbonyl (C=O) groups is 2. The lowest BCUT2D eigenvalue weighted by atomic mass is 10.0. The third kappa shape index (κ3) is 12.9. The van der Waals surface area contributed by atoms with Crippen molar-refractivity contribution in [3.05, 3.63) is 18.2 Å². The van der Waals surface area contributed by atoms with Gasteiger partial charge in [0.15, 0.2) is 11.5 Å². The molecule has 1 amide bonds. The van der Waals surface area contributed by atoms with Crippen molar-refractivity contribution in [1.29, 1.82) is 0 Å². The summed E-state index contributed by atoms with van der Waals surface area (Å²) < 4.78 is 32.6. The van der Waals surface area contributed by atoms with Crippen LogP contribution in [-0.2, 0) is 19.4 Å². The lowest BCUT2D eigenvalue weighted by molar-refractivity contribution is -0.142. The molecular formula is C20H34N2O7S. The van der Waals surface area contributed by atoms with Crippen LogP contribution in [0.5, 0.6) is 11.5 Å². The molecule has 9 nitrogen and oxygen atoms in total. The van der Waals surface area contributed by atoms with Crippen LogP contribution in [0, 0.1) is 5.92 Å². The minimum atomic E-state index is -2.95. The fraction of sp³-hybridized carbons (Fsp3) is 0.600. The highest BCUT2D eigenvalue weighted by atomic mass is 32.2. The highest BCUT2D eigenvalue weighted by Gasteiger charge is 2.18. The summed E-state index contributed by atoms with van der Waals surface area (Å²) in [6.07, 6.45) is 1.68. The molecule has 0 aliphatic carbocycles. The molecule has 3 N–H and O–H groups in total. The minimum Gasteiger partial charge on any atom is -0.493 e. The summed E-state index contributed by atoms with van der Waals surface area (Å²) >= 11 is 0. The Morgan fingerprint density at radius 1 is 1.20 bits per heavy atom. The SMILES string of the molecule is CC(=O)N[C@@H](CC(C)C)C(=O)O.CCOc1cc(NCCS(C)(=O)=O)ccc1OC. The van der Waals surface area contributed by atoms with Crippen molar-refractivity contribution >= 4 is 27.4 Å². The molecule has 10 heteroatoms. The standard InChI is InChI=1S/C12H19NO4S.C8H15NO3/c1-4-17-12-9-10(5-6-11(12)16-2)13-7-8-18(3,14)15;1-5(2)4-7(8(11)12)9-6(3)10/h5-6,9,13H,4,7-8H2,1-3H3;5,7H,4H2,1-3H3,(H,9,10)(H,11,12)/t;7-/m.0/s1. The number of anilines is 1. The molecule has 1 aromatic carbocycles. The van der Waals surface area contributed by atoms with Crippen LogP contribution in [0.3, 0.4) is 0 Å². The number of ether oxygens (including phenoxy) is 2. The van der Waals surface area contributed by atoms with E-state index in [4.69, 9.17) is 14.6 Å². The molecule has 0 bridgehead atoms. The third-order valence-electron chi connectivity index (χ3n) is 3.65. The lowest BCUT2D eigenvalue weighted by Gasteiger charge is -2.14. The van der Waals surface area contributed by atoms with Gasteiger partial charge in [-0.3, -0.25) is 4.79 Å². The summed E-state index contributed by atoms with van der Waals surface area (Å²) in [6, 6.07) is 4.66. The molecule has 1 rings (SSSR count). The van der Waals surface area contributed by atoms with Gasteiger partial charge < -0.3 is 25.2 Å². The number of carboxylic acids is 1. The quantitative estimate of drug-likeness (QED) is 0.471. The Labute approximate surface area is 179 Å². The average molecular weight is 447 g/mol. The Morgan fingerprint density at radius 2 is 1.83 bits per heavy atom. The van der Waals surface area contributed by atoms with Crippen molar-refractivity contribution in [2.24, 2.45) is 5.92 Å². The second-order valence-electron chi connectivity index (χ2n) is 7.08. The molecular weight excluding hydrogens is 412 g/mol. The van der Waals surface area contributed by atoms with Crippen molar-refractivity contribution in [2.45, 2.75) is 40.2 Å². The molecule has 0 heterocycles. The van der Waals surface area contributed by atoms with Crippen molar-refractivity contribution in [3.63, 3.8) is 0 Å². The van der Waals surface area contributed by atoms with Gasteiger partial charge in [-0.1, -0.05) is 13.8 Å². The number of benzene rings is 1. The molecule has 1 aromatic rings. The highest BCUT2D eigenvalue weighted by molar-refractivity contribution is 7.90. The summed E-state index contributed by atoms with van der Waals surface area (Å²) in [5.74, 6) is 0.387. The first kappa shape index (κ1) is 27.5. The van der Waals surface area contributed by atoms with Gasteiger partial charge in [0.05, 0.1) is 19.5 Å². The van der Waals surface area contributed by atoms with Crippen LogP contribution in [-0.4, -0.2) is 63.7 Å². The van der Waals surface area contributed by atoms with Gasteiger partial charge in [-0.05, 0) is 31.4 Å². The van der Waals surface area contributed by atoms with Crippen LogP contribution in [0.1, 0.15) is 34.1 Å². The summed E-state index contributed by atoms with van der Waals surface area (Å²) in [6.45, 7) is 7.95. The second-order valence-corrected chi connectivity index (χ2v) is 9.34. The largest absolute Gasteiger partial charge is 0.493 e. The van der Waals surface area contributed by atoms with E-state index in [2.05, 4.69) is 10.6 Å². The van der Waals surface area contributed by atoms with Gasteiger partial charge in [-0.15, -0.1) is 0 Å². The zero-order valence-corrected chi connectivity index (χ0v) is 19.3. The van der Waals surface area contributed by atoms with Crippen LogP contribution in [0.2, 0.25) is 0 Å². The number of carbonyl (C=O) groups excluding carboxylic acids is 1. The molecule has 30 heavy (non-hydrogen) atoms. The fourth-order valence-corrected chi connectivity index (χ4v) is 2.85. The predicted molar refractivity (Wildman–Crippen MR) is 117 cm³/mol. The molecule has 0 saturated heterocycles. The molecule has 0 aliphatic heterocycles. The Morgan fingerprint density at radius 3 is 2.27 bits per heavy atom. The molecule has 0 unspecified atom stereocenters. The smallest absolute Gasteiger partial charge is 0.326 e. The zero-order valence-electron chi connectivity index (χ0n) is 18.5. The number of hydrogen-bond acceptors (Lipinski definition) is 7. The summed E-state index contributed by atoms with van der Waals surface area (Å²) in [7, 11) is -1.37. The maximum atomic E-state index is 11.0. The van der Waals surface area contributed by atoms with Crippen molar-refractivity contribution < 1.29 is 32.6 Å². The maximum absolute atomic E-state index is 11.0. The van der Waals surface area contributed by atoms with E-state index < -0.39 is 21.8 Å². The molecule has 1 atom stereocenters. The van der Waals surface area contributed by atoms with Crippen molar-refractivity contribution in [1.82, 2.24) is 5.32 Å². The highest BCUT2D eigenvalue weighted by Crippen LogP contribution is 2.30. The lowest BCUT2D eigenvalue weighted by Crippen LogP contribution is -2.40. The number of methoxy groups -OCH3 is 1. The summed E-state index contributed by atoms with van der Waals surface area (Å²) in [4.78, 5) is 21.1. The zero-order chi connectivity index (χ0) is 23.3. The van der Waals surface area contributed by atoms with Gasteiger partial charge in [0, 0.05) is 31.5 Å². The number of carboxylic acid groups (broad SMARTS) is 1. The average Bonchev–Trinajstić information content (AvgIpc) is 2.60. The minimum absolute atomic E-state index is 0.100. The number of amides is 1. The molecule has 0 spiro atoms. The van der Waals surface area contributed by atoms with Crippen LogP contribution < -0.4 is 20.1 Å². The molecule has 0 aliphatic rings. The Hall–Kier alpha value is -2.49. The molecule has 172 valence electrons. The Balaban J connectivity index is 0.000000612. The summed E-state index contributed by atoms with van der Waals surface area (Å²) in [5, 5.41) is 14.1. The van der Waals surface area contributed by atoms with E-state index in [1.54, 1.807) is 19.2 Å². The number of nitrogens with one attached hydrogen (secondary N) is 2. The first-order valence-electron chi connectivity index (χ1n) is 9.61. The van der Waals surface area contributed by atoms with Gasteiger partial charge >= 0.3 is 5.97 Å². The van der Waals surface area contributed by atoms with Crippen molar-refractivity contribution in [2.75, 3.05) is 37.6 Å². The molecule has 0 aromatic heterocycles. The maximum Gasteiger partial charge on any atom is 0.326 e. The van der Waals surface area contributed by atoms with E-state index in [0.29, 0.717) is 31.1 Å². The van der Waals surface area contributed by atoms with Crippen LogP contribution in [0.4, 0.5) is 5.69 Å². The molecule has 0 saturated carbocycles. The van der Waals surface area contributed by atoms with E-state index in [-0.39, 0.29) is 17.6 Å². The van der Waals surface area contributed by atoms with Gasteiger partial charge in [0.2, 0.25) is 5.91 Å². The first-order valence-corrected chi connectivity index (χ1v) is 11.7.